The molecular weight excluding hydrogens is 498 g/mol. The topological polar surface area (TPSA) is 79.0 Å². The van der Waals surface area contributed by atoms with Crippen molar-refractivity contribution in [2.24, 2.45) is 0 Å². The minimum atomic E-state index is -3.94. The lowest BCUT2D eigenvalue weighted by Crippen LogP contribution is -2.49. The Morgan fingerprint density at radius 2 is 1.61 bits per heavy atom. The summed E-state index contributed by atoms with van der Waals surface area (Å²) in [4.78, 5) is 15.8. The van der Waals surface area contributed by atoms with E-state index >= 15 is 0 Å². The maximum Gasteiger partial charge on any atom is 0.267 e. The number of nitrogens with one attached hydrogen (secondary N) is 1. The zero-order valence-electron chi connectivity index (χ0n) is 22.4. The van der Waals surface area contributed by atoms with Crippen LogP contribution >= 0.6 is 0 Å². The molecule has 0 bridgehead atoms. The van der Waals surface area contributed by atoms with Gasteiger partial charge in [0.2, 0.25) is 0 Å². The number of nitrogens with zero attached hydrogens (tertiary/aromatic N) is 2. The predicted octanol–water partition coefficient (Wildman–Crippen LogP) is 5.49. The molecule has 8 heteroatoms. The van der Waals surface area contributed by atoms with Crippen LogP contribution in [-0.2, 0) is 20.2 Å². The summed E-state index contributed by atoms with van der Waals surface area (Å²) in [7, 11) is -3.94. The Labute approximate surface area is 225 Å². The quantitative estimate of drug-likeness (QED) is 0.469. The van der Waals surface area contributed by atoms with Crippen LogP contribution in [0.15, 0.2) is 71.6 Å². The van der Waals surface area contributed by atoms with Crippen LogP contribution < -0.4 is 19.3 Å². The Bertz CT molecular complexity index is 1420. The molecule has 0 spiro atoms. The van der Waals surface area contributed by atoms with Crippen LogP contribution in [-0.4, -0.2) is 40.1 Å². The fraction of sp³-hybridized carbons (Fsp3) is 0.367. The van der Waals surface area contributed by atoms with E-state index in [-0.39, 0.29) is 16.9 Å². The van der Waals surface area contributed by atoms with E-state index in [1.54, 1.807) is 30.3 Å². The number of carbonyl (C=O) groups excluding carboxylic acids is 1. The number of aryl methyl sites for hydroxylation is 1. The number of carbonyl (C=O) groups is 1. The van der Waals surface area contributed by atoms with Gasteiger partial charge in [-0.25, -0.2) is 8.42 Å². The van der Waals surface area contributed by atoms with Crippen molar-refractivity contribution in [2.75, 3.05) is 34.2 Å². The smallest absolute Gasteiger partial charge is 0.267 e. The Hall–Kier alpha value is -3.52. The van der Waals surface area contributed by atoms with E-state index in [9.17, 15) is 13.2 Å². The van der Waals surface area contributed by atoms with E-state index in [2.05, 4.69) is 31.0 Å². The second-order valence-electron chi connectivity index (χ2n) is 11.1. The molecule has 1 saturated heterocycles. The summed E-state index contributed by atoms with van der Waals surface area (Å²) >= 11 is 0. The molecule has 200 valence electrons. The van der Waals surface area contributed by atoms with Crippen LogP contribution in [0.3, 0.4) is 0 Å². The molecule has 0 unspecified atom stereocenters. The number of amides is 1. The summed E-state index contributed by atoms with van der Waals surface area (Å²) in [5.74, 6) is -0.0296. The van der Waals surface area contributed by atoms with Crippen molar-refractivity contribution < 1.29 is 17.9 Å². The third kappa shape index (κ3) is 5.23. The molecule has 5 rings (SSSR count). The number of anilines is 3. The van der Waals surface area contributed by atoms with Gasteiger partial charge in [-0.05, 0) is 79.3 Å². The largest absolute Gasteiger partial charge is 0.476 e. The summed E-state index contributed by atoms with van der Waals surface area (Å²) in [6, 6.07) is 20.0. The number of hydrogen-bond acceptors (Lipinski definition) is 5. The molecule has 0 radical (unpaired) electrons. The average Bonchev–Trinajstić information content (AvgIpc) is 3.43. The first-order chi connectivity index (χ1) is 18.0. The summed E-state index contributed by atoms with van der Waals surface area (Å²) in [5.41, 5.74) is 3.97. The average molecular weight is 534 g/mol. The minimum Gasteiger partial charge on any atom is -0.476 e. The predicted molar refractivity (Wildman–Crippen MR) is 152 cm³/mol. The first-order valence-corrected chi connectivity index (χ1v) is 14.5. The first-order valence-electron chi connectivity index (χ1n) is 13.1. The molecule has 1 fully saturated rings. The van der Waals surface area contributed by atoms with Crippen LogP contribution in [0.2, 0.25) is 0 Å². The van der Waals surface area contributed by atoms with Crippen LogP contribution in [0, 0.1) is 6.92 Å². The van der Waals surface area contributed by atoms with Gasteiger partial charge in [-0.1, -0.05) is 44.5 Å². The summed E-state index contributed by atoms with van der Waals surface area (Å²) < 4.78 is 35.1. The number of hydrogen-bond donors (Lipinski definition) is 1. The van der Waals surface area contributed by atoms with Gasteiger partial charge in [-0.15, -0.1) is 0 Å². The number of fused-ring (bicyclic) bond motifs is 1. The Kier molecular flexibility index (Phi) is 6.86. The molecule has 0 saturated carbocycles. The molecule has 0 aromatic heterocycles. The summed E-state index contributed by atoms with van der Waals surface area (Å²) in [6.07, 6.45) is 1.37. The number of benzene rings is 3. The Balaban J connectivity index is 1.44. The van der Waals surface area contributed by atoms with Crippen LogP contribution in [0.1, 0.15) is 44.7 Å². The standard InChI is InChI=1S/C30H35N3O4S/c1-21-7-14-25(15-8-21)38(35,36)33-20-28(37-27-16-9-22(19-26(27)33)30(2,3)4)29(34)31-23-10-12-24(13-11-23)32-17-5-6-18-32/h7-16,19,28H,5-6,17-18,20H2,1-4H3,(H,31,34)/t28-/m0/s1. The molecule has 7 nitrogen and oxygen atoms in total. The highest BCUT2D eigenvalue weighted by Crippen LogP contribution is 2.40. The zero-order valence-corrected chi connectivity index (χ0v) is 23.2. The van der Waals surface area contributed by atoms with Crippen LogP contribution in [0.4, 0.5) is 17.1 Å². The van der Waals surface area contributed by atoms with E-state index in [0.717, 1.165) is 29.9 Å². The molecular formula is C30H35N3O4S. The van der Waals surface area contributed by atoms with Crippen LogP contribution in [0.5, 0.6) is 5.75 Å². The van der Waals surface area contributed by atoms with Gasteiger partial charge >= 0.3 is 0 Å². The number of ether oxygens (including phenoxy) is 1. The van der Waals surface area contributed by atoms with Crippen molar-refractivity contribution in [3.05, 3.63) is 77.9 Å². The van der Waals surface area contributed by atoms with E-state index in [4.69, 9.17) is 4.74 Å². The van der Waals surface area contributed by atoms with Crippen molar-refractivity contribution in [2.45, 2.75) is 57.0 Å². The molecule has 38 heavy (non-hydrogen) atoms. The molecule has 2 heterocycles. The summed E-state index contributed by atoms with van der Waals surface area (Å²) in [5, 5.41) is 2.91. The maximum atomic E-state index is 13.8. The Morgan fingerprint density at radius 1 is 0.947 bits per heavy atom. The first kappa shape index (κ1) is 26.1. The van der Waals surface area contributed by atoms with Crippen molar-refractivity contribution in [1.29, 1.82) is 0 Å². The van der Waals surface area contributed by atoms with E-state index in [1.807, 2.05) is 43.3 Å². The Morgan fingerprint density at radius 3 is 2.24 bits per heavy atom. The molecule has 2 aliphatic rings. The summed E-state index contributed by atoms with van der Waals surface area (Å²) in [6.45, 7) is 10.1. The van der Waals surface area contributed by atoms with Gasteiger partial charge in [0.05, 0.1) is 17.1 Å². The van der Waals surface area contributed by atoms with E-state index in [1.165, 1.54) is 17.1 Å². The van der Waals surface area contributed by atoms with Crippen molar-refractivity contribution in [1.82, 2.24) is 0 Å². The third-order valence-electron chi connectivity index (χ3n) is 7.20. The lowest BCUT2D eigenvalue weighted by Gasteiger charge is -2.36. The molecule has 1 N–H and O–H groups in total. The maximum absolute atomic E-state index is 13.8. The van der Waals surface area contributed by atoms with Gasteiger partial charge in [0.1, 0.15) is 5.75 Å². The molecule has 3 aromatic rings. The van der Waals surface area contributed by atoms with Crippen molar-refractivity contribution in [3.63, 3.8) is 0 Å². The van der Waals surface area contributed by atoms with Gasteiger partial charge in [-0.2, -0.15) is 0 Å². The highest BCUT2D eigenvalue weighted by atomic mass is 32.2. The van der Waals surface area contributed by atoms with Crippen molar-refractivity contribution in [3.8, 4) is 5.75 Å². The second-order valence-corrected chi connectivity index (χ2v) is 13.0. The van der Waals surface area contributed by atoms with Gasteiger partial charge < -0.3 is 15.0 Å². The minimum absolute atomic E-state index is 0.130. The lowest BCUT2D eigenvalue weighted by atomic mass is 9.86. The number of sulfonamides is 1. The van der Waals surface area contributed by atoms with E-state index < -0.39 is 22.0 Å². The fourth-order valence-electron chi connectivity index (χ4n) is 4.87. The highest BCUT2D eigenvalue weighted by Gasteiger charge is 2.38. The highest BCUT2D eigenvalue weighted by molar-refractivity contribution is 7.92. The molecule has 1 atom stereocenters. The lowest BCUT2D eigenvalue weighted by molar-refractivity contribution is -0.122. The van der Waals surface area contributed by atoms with Gasteiger partial charge in [-0.3, -0.25) is 9.10 Å². The normalized spacial score (nSPS) is 17.6. The molecule has 2 aliphatic heterocycles. The third-order valence-corrected chi connectivity index (χ3v) is 9.00. The molecule has 3 aromatic carbocycles. The SMILES string of the molecule is Cc1ccc(S(=O)(=O)N2C[C@@H](C(=O)Nc3ccc(N4CCCC4)cc3)Oc3ccc(C(C)(C)C)cc32)cc1. The molecule has 1 amide bonds. The van der Waals surface area contributed by atoms with Gasteiger partial charge in [0.25, 0.3) is 15.9 Å². The van der Waals surface area contributed by atoms with Crippen LogP contribution in [0.25, 0.3) is 0 Å². The zero-order chi connectivity index (χ0) is 27.1. The fourth-order valence-corrected chi connectivity index (χ4v) is 6.34. The van der Waals surface area contributed by atoms with Gasteiger partial charge in [0.15, 0.2) is 6.10 Å². The van der Waals surface area contributed by atoms with Crippen molar-refractivity contribution >= 4 is 33.0 Å². The monoisotopic (exact) mass is 533 g/mol. The van der Waals surface area contributed by atoms with E-state index in [0.29, 0.717) is 17.1 Å². The number of rotatable bonds is 5. The molecule has 0 aliphatic carbocycles. The second kappa shape index (κ2) is 9.98. The van der Waals surface area contributed by atoms with Gasteiger partial charge in [0, 0.05) is 24.5 Å².